The molecule has 4 aromatic heterocycles. The molecule has 0 bridgehead atoms. The molecule has 0 amide bonds. The Bertz CT molecular complexity index is 1450. The van der Waals surface area contributed by atoms with Crippen LogP contribution in [0.3, 0.4) is 0 Å². The Balaban J connectivity index is 1.42. The number of hydrogen-bond acceptors (Lipinski definition) is 5. The number of nitrogens with zero attached hydrogens (tertiary/aromatic N) is 6. The fourth-order valence-corrected chi connectivity index (χ4v) is 4.10. The number of pyridine rings is 1. The summed E-state index contributed by atoms with van der Waals surface area (Å²) in [6, 6.07) is 11.5. The maximum Gasteiger partial charge on any atom is 0.398 e. The Kier molecular flexibility index (Phi) is 3.97. The maximum absolute atomic E-state index is 14.8. The van der Waals surface area contributed by atoms with E-state index in [0.29, 0.717) is 5.95 Å². The predicted octanol–water partition coefficient (Wildman–Crippen LogP) is 2.42. The van der Waals surface area contributed by atoms with E-state index in [1.165, 1.54) is 11.9 Å². The van der Waals surface area contributed by atoms with E-state index in [1.807, 2.05) is 42.6 Å². The van der Waals surface area contributed by atoms with Crippen LogP contribution in [0.15, 0.2) is 55.1 Å². The van der Waals surface area contributed by atoms with E-state index in [9.17, 15) is 4.39 Å². The summed E-state index contributed by atoms with van der Waals surface area (Å²) < 4.78 is 20.3. The van der Waals surface area contributed by atoms with Crippen LogP contribution in [0.25, 0.3) is 22.5 Å². The molecule has 154 valence electrons. The van der Waals surface area contributed by atoms with Gasteiger partial charge < -0.3 is 9.72 Å². The first-order chi connectivity index (χ1) is 15.2. The van der Waals surface area contributed by atoms with Gasteiger partial charge in [-0.25, -0.2) is 19.9 Å². The van der Waals surface area contributed by atoms with Gasteiger partial charge in [-0.1, -0.05) is 12.1 Å². The molecule has 5 heterocycles. The lowest BCUT2D eigenvalue weighted by Crippen LogP contribution is -2.34. The normalized spacial score (nSPS) is 13.6. The van der Waals surface area contributed by atoms with Gasteiger partial charge in [-0.3, -0.25) is 4.57 Å². The van der Waals surface area contributed by atoms with Crippen molar-refractivity contribution in [2.24, 2.45) is 7.05 Å². The highest BCUT2D eigenvalue weighted by molar-refractivity contribution is 5.76. The average Bonchev–Trinajstić information content (AvgIpc) is 3.37. The number of halogens is 1. The molecule has 1 aliphatic rings. The second-order valence-corrected chi connectivity index (χ2v) is 7.65. The molecule has 5 aromatic rings. The van der Waals surface area contributed by atoms with Crippen molar-refractivity contribution in [3.63, 3.8) is 0 Å². The molecule has 31 heavy (non-hydrogen) atoms. The van der Waals surface area contributed by atoms with Crippen molar-refractivity contribution >= 4 is 28.3 Å². The van der Waals surface area contributed by atoms with Gasteiger partial charge in [0.15, 0.2) is 0 Å². The number of hydrogen-bond donors (Lipinski definition) is 2. The third-order valence-electron chi connectivity index (χ3n) is 5.64. The van der Waals surface area contributed by atoms with Crippen molar-refractivity contribution in [1.82, 2.24) is 29.2 Å². The average molecular weight is 415 g/mol. The number of benzene rings is 1. The number of rotatable bonds is 3. The van der Waals surface area contributed by atoms with Crippen LogP contribution in [0.4, 0.5) is 16.0 Å². The van der Waals surface area contributed by atoms with Crippen molar-refractivity contribution < 1.29 is 8.96 Å². The highest BCUT2D eigenvalue weighted by atomic mass is 19.1. The molecule has 0 radical (unpaired) electrons. The first-order valence-electron chi connectivity index (χ1n) is 10.1. The largest absolute Gasteiger partial charge is 0.398 e. The quantitative estimate of drug-likeness (QED) is 0.443. The highest BCUT2D eigenvalue weighted by Crippen LogP contribution is 2.22. The third kappa shape index (κ3) is 2.93. The second kappa shape index (κ2) is 6.85. The lowest BCUT2D eigenvalue weighted by atomic mass is 10.2. The summed E-state index contributed by atoms with van der Waals surface area (Å²) in [4.78, 5) is 13.6. The van der Waals surface area contributed by atoms with E-state index in [1.54, 1.807) is 22.5 Å². The molecular formula is C22H20FN8+. The number of para-hydroxylation sites is 2. The van der Waals surface area contributed by atoms with Crippen LogP contribution in [0.1, 0.15) is 11.4 Å². The van der Waals surface area contributed by atoms with Gasteiger partial charge in [0.05, 0.1) is 23.8 Å². The number of aryl methyl sites for hydroxylation is 1. The Morgan fingerprint density at radius 1 is 1.16 bits per heavy atom. The Labute approximate surface area is 177 Å². The summed E-state index contributed by atoms with van der Waals surface area (Å²) in [5.41, 5.74) is 5.66. The summed E-state index contributed by atoms with van der Waals surface area (Å²) in [7, 11) is 1.76. The number of aromatic nitrogens is 6. The molecule has 1 aliphatic heterocycles. The van der Waals surface area contributed by atoms with Gasteiger partial charge in [0, 0.05) is 31.4 Å². The van der Waals surface area contributed by atoms with Gasteiger partial charge in [0.2, 0.25) is 5.82 Å². The van der Waals surface area contributed by atoms with Crippen molar-refractivity contribution in [2.75, 3.05) is 11.9 Å². The summed E-state index contributed by atoms with van der Waals surface area (Å²) in [5, 5.41) is 6.68. The first kappa shape index (κ1) is 18.0. The molecule has 0 saturated carbocycles. The van der Waals surface area contributed by atoms with Crippen molar-refractivity contribution in [3.05, 3.63) is 72.3 Å². The van der Waals surface area contributed by atoms with E-state index >= 15 is 0 Å². The zero-order valence-corrected chi connectivity index (χ0v) is 16.9. The van der Waals surface area contributed by atoms with Crippen LogP contribution in [0.2, 0.25) is 0 Å². The molecule has 2 N–H and O–H groups in total. The monoisotopic (exact) mass is 415 g/mol. The third-order valence-corrected chi connectivity index (χ3v) is 5.64. The molecule has 8 nitrogen and oxygen atoms in total. The molecule has 0 spiro atoms. The number of fused-ring (bicyclic) bond motifs is 4. The van der Waals surface area contributed by atoms with E-state index in [-0.39, 0.29) is 5.82 Å². The van der Waals surface area contributed by atoms with Crippen LogP contribution >= 0.6 is 0 Å². The Morgan fingerprint density at radius 3 is 3.00 bits per heavy atom. The molecule has 0 saturated heterocycles. The first-order valence-corrected chi connectivity index (χ1v) is 10.1. The standard InChI is InChI=1S/C22H19FN8/c1-29-12-15(23)21(31-13-25-16-4-2-3-5-18(16)31)28-22(29)26-14-6-7-20-27-17-10-24-9-8-19(17)30(20)11-14/h2-7,11-13,24H,8-10H2,1H3/p+1. The molecule has 0 aliphatic carbocycles. The molecule has 1 aromatic carbocycles. The topological polar surface area (TPSA) is 76.0 Å². The maximum atomic E-state index is 14.8. The zero-order chi connectivity index (χ0) is 20.9. The van der Waals surface area contributed by atoms with Crippen molar-refractivity contribution in [1.29, 1.82) is 0 Å². The van der Waals surface area contributed by atoms with E-state index in [4.69, 9.17) is 4.98 Å². The number of imidazole rings is 2. The Morgan fingerprint density at radius 2 is 2.06 bits per heavy atom. The van der Waals surface area contributed by atoms with E-state index in [2.05, 4.69) is 25.0 Å². The van der Waals surface area contributed by atoms with Crippen LogP contribution in [-0.2, 0) is 20.0 Å². The molecule has 9 heteroatoms. The van der Waals surface area contributed by atoms with Crippen molar-refractivity contribution in [2.45, 2.75) is 13.0 Å². The summed E-state index contributed by atoms with van der Waals surface area (Å²) in [6.45, 7) is 1.73. The smallest absolute Gasteiger partial charge is 0.311 e. The van der Waals surface area contributed by atoms with Crippen LogP contribution in [0.5, 0.6) is 0 Å². The number of nitrogens with one attached hydrogen (secondary N) is 2. The lowest BCUT2D eigenvalue weighted by Gasteiger charge is -2.12. The second-order valence-electron chi connectivity index (χ2n) is 7.65. The van der Waals surface area contributed by atoms with Crippen LogP contribution < -0.4 is 15.2 Å². The minimum atomic E-state index is -0.428. The summed E-state index contributed by atoms with van der Waals surface area (Å²) >= 11 is 0. The van der Waals surface area contributed by atoms with Crippen molar-refractivity contribution in [3.8, 4) is 5.82 Å². The summed E-state index contributed by atoms with van der Waals surface area (Å²) in [6.07, 6.45) is 5.96. The van der Waals surface area contributed by atoms with Crippen LogP contribution in [0, 0.1) is 5.82 Å². The zero-order valence-electron chi connectivity index (χ0n) is 16.9. The molecule has 0 fully saturated rings. The van der Waals surface area contributed by atoms with Gasteiger partial charge in [0.1, 0.15) is 23.9 Å². The van der Waals surface area contributed by atoms with Gasteiger partial charge in [0.25, 0.3) is 5.82 Å². The minimum Gasteiger partial charge on any atom is -0.311 e. The SMILES string of the molecule is C[n+]1cc(F)c(-n2cnc3ccccc32)nc1Nc1ccc2nc3c(n2c1)CCNC3. The molecule has 0 atom stereocenters. The summed E-state index contributed by atoms with van der Waals surface area (Å²) in [5.74, 6) is 0.286. The predicted molar refractivity (Wildman–Crippen MR) is 114 cm³/mol. The fraction of sp³-hybridized carbons (Fsp3) is 0.182. The van der Waals surface area contributed by atoms with Gasteiger partial charge >= 0.3 is 5.95 Å². The molecule has 0 unspecified atom stereocenters. The van der Waals surface area contributed by atoms with Crippen LogP contribution in [-0.4, -0.2) is 30.5 Å². The van der Waals surface area contributed by atoms with Gasteiger partial charge in [-0.15, -0.1) is 0 Å². The van der Waals surface area contributed by atoms with E-state index < -0.39 is 5.82 Å². The lowest BCUT2D eigenvalue weighted by molar-refractivity contribution is -0.661. The fourth-order valence-electron chi connectivity index (χ4n) is 4.10. The van der Waals surface area contributed by atoms with E-state index in [0.717, 1.165) is 47.6 Å². The highest BCUT2D eigenvalue weighted by Gasteiger charge is 2.21. The molecule has 6 rings (SSSR count). The molecular weight excluding hydrogens is 395 g/mol. The Hall–Kier alpha value is -3.85. The van der Waals surface area contributed by atoms with Gasteiger partial charge in [-0.2, -0.15) is 4.39 Å². The number of anilines is 2. The van der Waals surface area contributed by atoms with Gasteiger partial charge in [-0.05, 0) is 29.2 Å². The minimum absolute atomic E-state index is 0.196.